The van der Waals surface area contributed by atoms with E-state index < -0.39 is 0 Å². The fourth-order valence-corrected chi connectivity index (χ4v) is 0.655. The lowest BCUT2D eigenvalue weighted by atomic mass is 10.3. The van der Waals surface area contributed by atoms with Crippen molar-refractivity contribution in [3.8, 4) is 0 Å². The van der Waals surface area contributed by atoms with Crippen LogP contribution in [0.5, 0.6) is 0 Å². The molecule has 0 radical (unpaired) electrons. The average Bonchev–Trinajstić information content (AvgIpc) is 1.97. The minimum Gasteiger partial charge on any atom is -0.327 e. The Bertz CT molecular complexity index is 136. The van der Waals surface area contributed by atoms with Gasteiger partial charge in [-0.25, -0.2) is 0 Å². The Hall–Kier alpha value is -0.160. The van der Waals surface area contributed by atoms with Crippen LogP contribution in [0, 0.1) is 0 Å². The van der Waals surface area contributed by atoms with Crippen LogP contribution in [0.15, 0.2) is 24.3 Å². The van der Waals surface area contributed by atoms with Gasteiger partial charge in [0.15, 0.2) is 5.78 Å². The molecule has 0 aliphatic carbocycles. The van der Waals surface area contributed by atoms with Gasteiger partial charge in [0.2, 0.25) is 0 Å². The predicted octanol–water partition coefficient (Wildman–Crippen LogP) is 1.06. The summed E-state index contributed by atoms with van der Waals surface area (Å²) >= 11 is 2.17. The molecule has 0 bridgehead atoms. The number of hydrogen-bond acceptors (Lipinski definition) is 2. The standard InChI is InChI=1S/C7H10INO/c8-5-1-3-7(10)4-2-6-9/h1-4H,5-6,9H2/b3-1-,4-2-. The molecule has 0 saturated carbocycles. The quantitative estimate of drug-likeness (QED) is 0.461. The van der Waals surface area contributed by atoms with Crippen LogP contribution in [0.4, 0.5) is 0 Å². The molecule has 0 rings (SSSR count). The van der Waals surface area contributed by atoms with Gasteiger partial charge >= 0.3 is 0 Å². The van der Waals surface area contributed by atoms with Gasteiger partial charge in [0.1, 0.15) is 0 Å². The first kappa shape index (κ1) is 9.84. The minimum atomic E-state index is 0.00196. The number of nitrogens with two attached hydrogens (primary N) is 1. The van der Waals surface area contributed by atoms with Crippen molar-refractivity contribution in [3.05, 3.63) is 24.3 Å². The molecule has 0 unspecified atom stereocenters. The fourth-order valence-electron chi connectivity index (χ4n) is 0.400. The van der Waals surface area contributed by atoms with Gasteiger partial charge in [-0.2, -0.15) is 0 Å². The largest absolute Gasteiger partial charge is 0.327 e. The van der Waals surface area contributed by atoms with Crippen LogP contribution < -0.4 is 5.73 Å². The zero-order valence-electron chi connectivity index (χ0n) is 5.59. The summed E-state index contributed by atoms with van der Waals surface area (Å²) in [5, 5.41) is 0. The van der Waals surface area contributed by atoms with Gasteiger partial charge in [-0.3, -0.25) is 4.79 Å². The second-order valence-electron chi connectivity index (χ2n) is 1.60. The lowest BCUT2D eigenvalue weighted by Crippen LogP contribution is -1.94. The predicted molar refractivity (Wildman–Crippen MR) is 51.2 cm³/mol. The first-order chi connectivity index (χ1) is 4.81. The van der Waals surface area contributed by atoms with E-state index in [1.807, 2.05) is 6.08 Å². The van der Waals surface area contributed by atoms with Crippen LogP contribution >= 0.6 is 22.6 Å². The Labute approximate surface area is 74.3 Å². The van der Waals surface area contributed by atoms with Gasteiger partial charge < -0.3 is 5.73 Å². The number of halogens is 1. The molecular formula is C7H10INO. The van der Waals surface area contributed by atoms with Gasteiger partial charge in [-0.1, -0.05) is 34.7 Å². The van der Waals surface area contributed by atoms with Gasteiger partial charge in [0.25, 0.3) is 0 Å². The molecular weight excluding hydrogens is 241 g/mol. The molecule has 10 heavy (non-hydrogen) atoms. The summed E-state index contributed by atoms with van der Waals surface area (Å²) in [7, 11) is 0. The lowest BCUT2D eigenvalue weighted by Gasteiger charge is -1.80. The third kappa shape index (κ3) is 5.97. The Morgan fingerprint density at radius 3 is 2.50 bits per heavy atom. The zero-order chi connectivity index (χ0) is 7.82. The highest BCUT2D eigenvalue weighted by molar-refractivity contribution is 14.1. The van der Waals surface area contributed by atoms with E-state index in [0.717, 1.165) is 4.43 Å². The summed E-state index contributed by atoms with van der Waals surface area (Å²) in [5.74, 6) is 0.00196. The molecule has 0 heterocycles. The van der Waals surface area contributed by atoms with E-state index in [4.69, 9.17) is 5.73 Å². The average molecular weight is 251 g/mol. The fraction of sp³-hybridized carbons (Fsp3) is 0.286. The Morgan fingerprint density at radius 2 is 2.00 bits per heavy atom. The molecule has 0 fully saturated rings. The van der Waals surface area contributed by atoms with E-state index in [0.29, 0.717) is 6.54 Å². The number of carbonyl (C=O) groups excluding carboxylic acids is 1. The van der Waals surface area contributed by atoms with E-state index in [2.05, 4.69) is 22.6 Å². The van der Waals surface area contributed by atoms with Crippen molar-refractivity contribution < 1.29 is 4.79 Å². The molecule has 3 heteroatoms. The molecule has 2 N–H and O–H groups in total. The van der Waals surface area contributed by atoms with Crippen LogP contribution in [0.2, 0.25) is 0 Å². The van der Waals surface area contributed by atoms with E-state index in [1.165, 1.54) is 6.08 Å². The number of rotatable bonds is 4. The molecule has 56 valence electrons. The normalized spacial score (nSPS) is 11.4. The highest BCUT2D eigenvalue weighted by atomic mass is 127. The number of allylic oxidation sites excluding steroid dienone is 3. The number of hydrogen-bond donors (Lipinski definition) is 1. The molecule has 0 aromatic rings. The van der Waals surface area contributed by atoms with E-state index >= 15 is 0 Å². The van der Waals surface area contributed by atoms with E-state index in [9.17, 15) is 4.79 Å². The number of ketones is 1. The third-order valence-electron chi connectivity index (χ3n) is 0.789. The topological polar surface area (TPSA) is 43.1 Å². The Balaban J connectivity index is 3.63. The summed E-state index contributed by atoms with van der Waals surface area (Å²) in [4.78, 5) is 10.7. The first-order valence-corrected chi connectivity index (χ1v) is 4.47. The van der Waals surface area contributed by atoms with Crippen molar-refractivity contribution >= 4 is 28.4 Å². The van der Waals surface area contributed by atoms with Crippen LogP contribution in [0.1, 0.15) is 0 Å². The van der Waals surface area contributed by atoms with Gasteiger partial charge in [0.05, 0.1) is 0 Å². The van der Waals surface area contributed by atoms with Gasteiger partial charge in [-0.05, 0) is 12.2 Å². The molecule has 0 saturated heterocycles. The lowest BCUT2D eigenvalue weighted by molar-refractivity contribution is -0.110. The second-order valence-corrected chi connectivity index (χ2v) is 2.48. The third-order valence-corrected chi connectivity index (χ3v) is 1.30. The Kier molecular flexibility index (Phi) is 6.84. The van der Waals surface area contributed by atoms with Crippen LogP contribution in [-0.2, 0) is 4.79 Å². The Morgan fingerprint density at radius 1 is 1.40 bits per heavy atom. The van der Waals surface area contributed by atoms with Crippen molar-refractivity contribution in [1.29, 1.82) is 0 Å². The molecule has 0 spiro atoms. The number of carbonyl (C=O) groups is 1. The maximum atomic E-state index is 10.7. The monoisotopic (exact) mass is 251 g/mol. The highest BCUT2D eigenvalue weighted by Crippen LogP contribution is 1.85. The molecule has 0 aromatic heterocycles. The van der Waals surface area contributed by atoms with Crippen LogP contribution in [0.3, 0.4) is 0 Å². The maximum absolute atomic E-state index is 10.7. The van der Waals surface area contributed by atoms with Crippen molar-refractivity contribution in [2.75, 3.05) is 11.0 Å². The zero-order valence-corrected chi connectivity index (χ0v) is 7.74. The second kappa shape index (κ2) is 6.95. The van der Waals surface area contributed by atoms with Gasteiger partial charge in [0, 0.05) is 11.0 Å². The summed E-state index contributed by atoms with van der Waals surface area (Å²) in [5.41, 5.74) is 5.14. The van der Waals surface area contributed by atoms with E-state index in [1.54, 1.807) is 12.2 Å². The highest BCUT2D eigenvalue weighted by Gasteiger charge is 1.84. The molecule has 0 aliphatic rings. The van der Waals surface area contributed by atoms with Crippen molar-refractivity contribution in [2.45, 2.75) is 0 Å². The summed E-state index contributed by atoms with van der Waals surface area (Å²) < 4.78 is 0.861. The van der Waals surface area contributed by atoms with Crippen molar-refractivity contribution in [3.63, 3.8) is 0 Å². The number of alkyl halides is 1. The molecule has 0 aliphatic heterocycles. The summed E-state index contributed by atoms with van der Waals surface area (Å²) in [6.45, 7) is 0.420. The molecule has 0 atom stereocenters. The molecule has 0 amide bonds. The molecule has 2 nitrogen and oxygen atoms in total. The van der Waals surface area contributed by atoms with Gasteiger partial charge in [-0.15, -0.1) is 0 Å². The van der Waals surface area contributed by atoms with Crippen LogP contribution in [0.25, 0.3) is 0 Å². The smallest absolute Gasteiger partial charge is 0.178 e. The maximum Gasteiger partial charge on any atom is 0.178 e. The first-order valence-electron chi connectivity index (χ1n) is 2.94. The minimum absolute atomic E-state index is 0.00196. The van der Waals surface area contributed by atoms with Crippen molar-refractivity contribution in [2.24, 2.45) is 5.73 Å². The SMILES string of the molecule is NC/C=C\C(=O)/C=C\CI. The van der Waals surface area contributed by atoms with E-state index in [-0.39, 0.29) is 5.78 Å². The van der Waals surface area contributed by atoms with Crippen LogP contribution in [-0.4, -0.2) is 16.8 Å². The summed E-state index contributed by atoms with van der Waals surface area (Å²) in [6.07, 6.45) is 6.46. The summed E-state index contributed by atoms with van der Waals surface area (Å²) in [6, 6.07) is 0. The van der Waals surface area contributed by atoms with Crippen molar-refractivity contribution in [1.82, 2.24) is 0 Å². The molecule has 0 aromatic carbocycles.